The first kappa shape index (κ1) is 8.34. The SMILES string of the molecule is C#CCOc1cnn(C(C)=O)c1. The predicted octanol–water partition coefficient (Wildman–Crippen LogP) is 0.555. The maximum absolute atomic E-state index is 10.7. The van der Waals surface area contributed by atoms with E-state index in [2.05, 4.69) is 11.0 Å². The van der Waals surface area contributed by atoms with Crippen LogP contribution in [0, 0.1) is 12.3 Å². The average molecular weight is 164 g/mol. The van der Waals surface area contributed by atoms with Gasteiger partial charge in [-0.25, -0.2) is 4.68 Å². The molecule has 0 N–H and O–H groups in total. The van der Waals surface area contributed by atoms with Gasteiger partial charge in [0.15, 0.2) is 5.75 Å². The van der Waals surface area contributed by atoms with Crippen molar-refractivity contribution >= 4 is 5.91 Å². The zero-order chi connectivity index (χ0) is 8.97. The van der Waals surface area contributed by atoms with Crippen LogP contribution in [-0.2, 0) is 0 Å². The van der Waals surface area contributed by atoms with E-state index in [1.54, 1.807) is 0 Å². The first-order valence-electron chi connectivity index (χ1n) is 3.36. The maximum atomic E-state index is 10.7. The second kappa shape index (κ2) is 3.58. The molecule has 62 valence electrons. The van der Waals surface area contributed by atoms with Crippen molar-refractivity contribution in [2.75, 3.05) is 6.61 Å². The Hall–Kier alpha value is -1.76. The van der Waals surface area contributed by atoms with Crippen LogP contribution in [-0.4, -0.2) is 22.3 Å². The third-order valence-electron chi connectivity index (χ3n) is 1.20. The molecule has 4 nitrogen and oxygen atoms in total. The van der Waals surface area contributed by atoms with Crippen LogP contribution in [0.2, 0.25) is 0 Å². The number of terminal acetylenes is 1. The van der Waals surface area contributed by atoms with Gasteiger partial charge in [-0.3, -0.25) is 4.79 Å². The molecule has 0 bridgehead atoms. The van der Waals surface area contributed by atoms with Crippen LogP contribution >= 0.6 is 0 Å². The quantitative estimate of drug-likeness (QED) is 0.600. The molecular weight excluding hydrogens is 156 g/mol. The first-order chi connectivity index (χ1) is 5.74. The molecule has 12 heavy (non-hydrogen) atoms. The molecular formula is C8H8N2O2. The lowest BCUT2D eigenvalue weighted by Crippen LogP contribution is -2.04. The van der Waals surface area contributed by atoms with E-state index in [9.17, 15) is 4.79 Å². The smallest absolute Gasteiger partial charge is 0.243 e. The summed E-state index contributed by atoms with van der Waals surface area (Å²) < 4.78 is 6.20. The zero-order valence-electron chi connectivity index (χ0n) is 6.65. The Morgan fingerprint density at radius 1 is 1.92 bits per heavy atom. The Morgan fingerprint density at radius 3 is 3.17 bits per heavy atom. The molecule has 0 aliphatic rings. The number of carbonyl (C=O) groups excluding carboxylic acids is 1. The Kier molecular flexibility index (Phi) is 2.49. The molecule has 4 heteroatoms. The second-order valence-corrected chi connectivity index (χ2v) is 2.13. The molecule has 1 heterocycles. The van der Waals surface area contributed by atoms with Crippen molar-refractivity contribution in [1.29, 1.82) is 0 Å². The third-order valence-corrected chi connectivity index (χ3v) is 1.20. The number of hydrogen-bond acceptors (Lipinski definition) is 3. The van der Waals surface area contributed by atoms with Gasteiger partial charge in [-0.1, -0.05) is 5.92 Å². The molecule has 0 radical (unpaired) electrons. The van der Waals surface area contributed by atoms with Crippen molar-refractivity contribution in [2.24, 2.45) is 0 Å². The molecule has 0 saturated heterocycles. The summed E-state index contributed by atoms with van der Waals surface area (Å²) in [7, 11) is 0. The predicted molar refractivity (Wildman–Crippen MR) is 42.9 cm³/mol. The normalized spacial score (nSPS) is 9.00. The minimum Gasteiger partial charge on any atom is -0.478 e. The number of hydrogen-bond donors (Lipinski definition) is 0. The maximum Gasteiger partial charge on any atom is 0.243 e. The van der Waals surface area contributed by atoms with Crippen molar-refractivity contribution in [3.63, 3.8) is 0 Å². The summed E-state index contributed by atoms with van der Waals surface area (Å²) >= 11 is 0. The fourth-order valence-corrected chi connectivity index (χ4v) is 0.678. The summed E-state index contributed by atoms with van der Waals surface area (Å²) in [6, 6.07) is 0. The standard InChI is InChI=1S/C8H8N2O2/c1-3-4-12-8-5-9-10(6-8)7(2)11/h1,5-6H,4H2,2H3. The van der Waals surface area contributed by atoms with E-state index < -0.39 is 0 Å². The molecule has 1 aromatic heterocycles. The van der Waals surface area contributed by atoms with Crippen LogP contribution in [0.25, 0.3) is 0 Å². The van der Waals surface area contributed by atoms with E-state index in [0.717, 1.165) is 0 Å². The lowest BCUT2D eigenvalue weighted by molar-refractivity contribution is 0.0921. The molecule has 0 aliphatic heterocycles. The van der Waals surface area contributed by atoms with E-state index in [4.69, 9.17) is 11.2 Å². The fraction of sp³-hybridized carbons (Fsp3) is 0.250. The molecule has 0 spiro atoms. The second-order valence-electron chi connectivity index (χ2n) is 2.13. The number of carbonyl (C=O) groups is 1. The van der Waals surface area contributed by atoms with Crippen molar-refractivity contribution in [1.82, 2.24) is 9.78 Å². The summed E-state index contributed by atoms with van der Waals surface area (Å²) in [4.78, 5) is 10.7. The highest BCUT2D eigenvalue weighted by atomic mass is 16.5. The third kappa shape index (κ3) is 1.86. The highest BCUT2D eigenvalue weighted by Crippen LogP contribution is 2.06. The highest BCUT2D eigenvalue weighted by Gasteiger charge is 2.00. The van der Waals surface area contributed by atoms with Crippen molar-refractivity contribution in [2.45, 2.75) is 6.92 Å². The topological polar surface area (TPSA) is 44.1 Å². The number of rotatable bonds is 2. The lowest BCUT2D eigenvalue weighted by Gasteiger charge is -1.94. The van der Waals surface area contributed by atoms with Crippen LogP contribution in [0.15, 0.2) is 12.4 Å². The highest BCUT2D eigenvalue weighted by molar-refractivity contribution is 5.75. The summed E-state index contributed by atoms with van der Waals surface area (Å²) in [6.07, 6.45) is 7.90. The van der Waals surface area contributed by atoms with Crippen molar-refractivity contribution in [3.8, 4) is 18.1 Å². The Bertz CT molecular complexity index is 322. The lowest BCUT2D eigenvalue weighted by atomic mass is 10.6. The van der Waals surface area contributed by atoms with E-state index >= 15 is 0 Å². The molecule has 0 amide bonds. The first-order valence-corrected chi connectivity index (χ1v) is 3.36. The van der Waals surface area contributed by atoms with Gasteiger partial charge in [0, 0.05) is 6.92 Å². The van der Waals surface area contributed by atoms with Gasteiger partial charge >= 0.3 is 0 Å². The monoisotopic (exact) mass is 164 g/mol. The number of aromatic nitrogens is 2. The van der Waals surface area contributed by atoms with Gasteiger partial charge in [-0.2, -0.15) is 5.10 Å². The minimum atomic E-state index is -0.162. The van der Waals surface area contributed by atoms with Crippen LogP contribution < -0.4 is 4.74 Å². The Morgan fingerprint density at radius 2 is 2.67 bits per heavy atom. The summed E-state index contributed by atoms with van der Waals surface area (Å²) in [6.45, 7) is 1.60. The van der Waals surface area contributed by atoms with Crippen molar-refractivity contribution in [3.05, 3.63) is 12.4 Å². The average Bonchev–Trinajstić information content (AvgIpc) is 2.48. The van der Waals surface area contributed by atoms with Gasteiger partial charge < -0.3 is 4.74 Å². The van der Waals surface area contributed by atoms with Crippen LogP contribution in [0.5, 0.6) is 5.75 Å². The van der Waals surface area contributed by atoms with Gasteiger partial charge in [0.2, 0.25) is 5.91 Å². The summed E-state index contributed by atoms with van der Waals surface area (Å²) in [5, 5.41) is 3.74. The molecule has 0 aromatic carbocycles. The van der Waals surface area contributed by atoms with Crippen molar-refractivity contribution < 1.29 is 9.53 Å². The van der Waals surface area contributed by atoms with Gasteiger partial charge in [-0.15, -0.1) is 6.42 Å². The fourth-order valence-electron chi connectivity index (χ4n) is 0.678. The summed E-state index contributed by atoms with van der Waals surface area (Å²) in [5.41, 5.74) is 0. The van der Waals surface area contributed by atoms with Gasteiger partial charge in [0.25, 0.3) is 0 Å². The van der Waals surface area contributed by atoms with E-state index in [0.29, 0.717) is 5.75 Å². The molecule has 1 aromatic rings. The molecule has 0 aliphatic carbocycles. The molecule has 0 fully saturated rings. The number of ether oxygens (including phenoxy) is 1. The van der Waals surface area contributed by atoms with Crippen LogP contribution in [0.1, 0.15) is 11.7 Å². The van der Waals surface area contributed by atoms with Gasteiger partial charge in [0.1, 0.15) is 6.61 Å². The largest absolute Gasteiger partial charge is 0.478 e. The summed E-state index contributed by atoms with van der Waals surface area (Å²) in [5.74, 6) is 2.65. The van der Waals surface area contributed by atoms with Gasteiger partial charge in [0.05, 0.1) is 12.4 Å². The molecule has 0 saturated carbocycles. The van der Waals surface area contributed by atoms with E-state index in [1.807, 2.05) is 0 Å². The van der Waals surface area contributed by atoms with Crippen LogP contribution in [0.4, 0.5) is 0 Å². The molecule has 1 rings (SSSR count). The molecule has 0 atom stereocenters. The van der Waals surface area contributed by atoms with E-state index in [1.165, 1.54) is 24.0 Å². The molecule has 0 unspecified atom stereocenters. The zero-order valence-corrected chi connectivity index (χ0v) is 6.65. The van der Waals surface area contributed by atoms with Gasteiger partial charge in [-0.05, 0) is 0 Å². The Balaban J connectivity index is 2.66. The number of nitrogens with zero attached hydrogens (tertiary/aromatic N) is 2. The van der Waals surface area contributed by atoms with Crippen LogP contribution in [0.3, 0.4) is 0 Å². The van der Waals surface area contributed by atoms with E-state index in [-0.39, 0.29) is 12.5 Å². The minimum absolute atomic E-state index is 0.162. The Labute approximate surface area is 70.1 Å².